The smallest absolute Gasteiger partial charge is 0.164 e. The normalized spacial score (nSPS) is 28.3. The summed E-state index contributed by atoms with van der Waals surface area (Å²) in [5.74, 6) is -0.557. The molecule has 4 nitrogen and oxygen atoms in total. The molecule has 1 aromatic carbocycles. The van der Waals surface area contributed by atoms with Gasteiger partial charge >= 0.3 is 0 Å². The molecule has 3 rings (SSSR count). The lowest BCUT2D eigenvalue weighted by atomic mass is 9.68. The monoisotopic (exact) mass is 342 g/mol. The molecule has 2 atom stereocenters. The number of rotatable bonds is 3. The van der Waals surface area contributed by atoms with Gasteiger partial charge in [-0.1, -0.05) is 29.8 Å². The van der Waals surface area contributed by atoms with Crippen molar-refractivity contribution in [1.82, 2.24) is 0 Å². The Morgan fingerprint density at radius 2 is 1.68 bits per heavy atom. The Morgan fingerprint density at radius 3 is 2.36 bits per heavy atom. The zero-order chi connectivity index (χ0) is 18.4. The van der Waals surface area contributed by atoms with Crippen LogP contribution in [0.3, 0.4) is 0 Å². The molecule has 1 fully saturated rings. The third-order valence-corrected chi connectivity index (χ3v) is 5.37. The van der Waals surface area contributed by atoms with E-state index in [0.29, 0.717) is 12.0 Å². The van der Waals surface area contributed by atoms with Gasteiger partial charge in [-0.15, -0.1) is 0 Å². The van der Waals surface area contributed by atoms with E-state index in [1.165, 1.54) is 5.57 Å². The highest BCUT2D eigenvalue weighted by atomic mass is 16.8. The number of ether oxygens (including phenoxy) is 2. The van der Waals surface area contributed by atoms with Crippen molar-refractivity contribution in [3.8, 4) is 0 Å². The van der Waals surface area contributed by atoms with Gasteiger partial charge in [0.25, 0.3) is 0 Å². The van der Waals surface area contributed by atoms with E-state index in [-0.39, 0.29) is 11.9 Å². The van der Waals surface area contributed by atoms with Gasteiger partial charge in [0.15, 0.2) is 5.79 Å². The Kier molecular flexibility index (Phi) is 4.46. The van der Waals surface area contributed by atoms with Crippen molar-refractivity contribution in [2.75, 3.05) is 0 Å². The summed E-state index contributed by atoms with van der Waals surface area (Å²) < 4.78 is 12.5. The number of Topliss-reactive ketones (excluding diaryl/α,β-unsaturated/α-hetero) is 1. The zero-order valence-electron chi connectivity index (χ0n) is 15.6. The first-order valence-corrected chi connectivity index (χ1v) is 8.80. The fourth-order valence-corrected chi connectivity index (χ4v) is 4.11. The van der Waals surface area contributed by atoms with Gasteiger partial charge in [-0.05, 0) is 52.2 Å². The van der Waals surface area contributed by atoms with E-state index < -0.39 is 17.3 Å². The first kappa shape index (κ1) is 18.0. The van der Waals surface area contributed by atoms with Crippen LogP contribution in [0.15, 0.2) is 35.4 Å². The first-order valence-electron chi connectivity index (χ1n) is 8.80. The third kappa shape index (κ3) is 3.09. The number of allylic oxidation sites excluding steroid dienone is 1. The minimum Gasteiger partial charge on any atom is -0.340 e. The summed E-state index contributed by atoms with van der Waals surface area (Å²) in [7, 11) is 0. The number of carbonyl (C=O) groups excluding carboxylic acids is 2. The van der Waals surface area contributed by atoms with Crippen molar-refractivity contribution in [2.24, 2.45) is 5.41 Å². The molecule has 0 N–H and O–H groups in total. The van der Waals surface area contributed by atoms with Crippen molar-refractivity contribution in [3.05, 3.63) is 46.5 Å². The topological polar surface area (TPSA) is 52.6 Å². The fraction of sp³-hybridized carbons (Fsp3) is 0.524. The number of ketones is 1. The Hall–Kier alpha value is -1.78. The molecule has 0 amide bonds. The van der Waals surface area contributed by atoms with Crippen LogP contribution in [0.25, 0.3) is 0 Å². The maximum Gasteiger partial charge on any atom is 0.164 e. The molecule has 25 heavy (non-hydrogen) atoms. The summed E-state index contributed by atoms with van der Waals surface area (Å²) in [6.07, 6.45) is 1.37. The van der Waals surface area contributed by atoms with Crippen molar-refractivity contribution in [3.63, 3.8) is 0 Å². The van der Waals surface area contributed by atoms with Crippen LogP contribution in [0, 0.1) is 5.41 Å². The second-order valence-electron chi connectivity index (χ2n) is 7.97. The highest BCUT2D eigenvalue weighted by Gasteiger charge is 2.50. The standard InChI is InChI=1S/C21H26O4/c1-13-10-11-16(23)20(2,3)17(13)19-18(24-21(4,5)25-19)15-9-7-6-8-14(15)12-22/h6-9,12,18-19H,10-11H2,1-5H3/t18-,19-/m1/s1. The van der Waals surface area contributed by atoms with Gasteiger partial charge in [-0.25, -0.2) is 0 Å². The lowest BCUT2D eigenvalue weighted by Crippen LogP contribution is -2.38. The molecule has 1 aliphatic carbocycles. The Balaban J connectivity index is 2.13. The number of hydrogen-bond donors (Lipinski definition) is 0. The van der Waals surface area contributed by atoms with Gasteiger partial charge in [0.2, 0.25) is 0 Å². The number of aldehydes is 1. The average Bonchev–Trinajstić information content (AvgIpc) is 2.86. The maximum atomic E-state index is 12.6. The van der Waals surface area contributed by atoms with Crippen LogP contribution in [0.5, 0.6) is 0 Å². The van der Waals surface area contributed by atoms with Crippen LogP contribution in [0.1, 0.15) is 69.5 Å². The number of carbonyl (C=O) groups is 2. The van der Waals surface area contributed by atoms with Gasteiger partial charge in [-0.3, -0.25) is 9.59 Å². The minimum absolute atomic E-state index is 0.226. The van der Waals surface area contributed by atoms with Crippen LogP contribution in [-0.2, 0) is 14.3 Å². The van der Waals surface area contributed by atoms with Crippen molar-refractivity contribution in [2.45, 2.75) is 65.5 Å². The summed E-state index contributed by atoms with van der Waals surface area (Å²) in [4.78, 5) is 24.1. The Morgan fingerprint density at radius 1 is 1.04 bits per heavy atom. The van der Waals surface area contributed by atoms with Gasteiger partial charge in [0.1, 0.15) is 24.3 Å². The molecular weight excluding hydrogens is 316 g/mol. The van der Waals surface area contributed by atoms with Crippen LogP contribution >= 0.6 is 0 Å². The second-order valence-corrected chi connectivity index (χ2v) is 7.97. The summed E-state index contributed by atoms with van der Waals surface area (Å²) in [6.45, 7) is 9.74. The van der Waals surface area contributed by atoms with Gasteiger partial charge in [-0.2, -0.15) is 0 Å². The largest absolute Gasteiger partial charge is 0.340 e. The fourth-order valence-electron chi connectivity index (χ4n) is 4.11. The van der Waals surface area contributed by atoms with Gasteiger partial charge in [0.05, 0.1) is 0 Å². The van der Waals surface area contributed by atoms with Crippen molar-refractivity contribution in [1.29, 1.82) is 0 Å². The molecule has 0 unspecified atom stereocenters. The lowest BCUT2D eigenvalue weighted by molar-refractivity contribution is -0.146. The SMILES string of the molecule is CC1=C([C@H]2OC(C)(C)O[C@@H]2c2ccccc2C=O)C(C)(C)C(=O)CC1. The molecule has 0 bridgehead atoms. The van der Waals surface area contributed by atoms with E-state index in [4.69, 9.17) is 9.47 Å². The average molecular weight is 342 g/mol. The molecule has 0 saturated carbocycles. The van der Waals surface area contributed by atoms with E-state index in [2.05, 4.69) is 6.92 Å². The molecule has 0 radical (unpaired) electrons. The predicted octanol–water partition coefficient (Wildman–Crippen LogP) is 4.40. The predicted molar refractivity (Wildman–Crippen MR) is 95.3 cm³/mol. The van der Waals surface area contributed by atoms with E-state index >= 15 is 0 Å². The molecule has 2 aliphatic rings. The quantitative estimate of drug-likeness (QED) is 0.603. The van der Waals surface area contributed by atoms with Gasteiger partial charge in [0, 0.05) is 17.4 Å². The molecule has 1 aromatic rings. The van der Waals surface area contributed by atoms with Crippen LogP contribution in [-0.4, -0.2) is 24.0 Å². The minimum atomic E-state index is -0.783. The first-order chi connectivity index (χ1) is 11.7. The maximum absolute atomic E-state index is 12.6. The third-order valence-electron chi connectivity index (χ3n) is 5.37. The Bertz CT molecular complexity index is 742. The molecular formula is C21H26O4. The second kappa shape index (κ2) is 6.19. The summed E-state index contributed by atoms with van der Waals surface area (Å²) in [5.41, 5.74) is 2.99. The molecule has 1 aliphatic heterocycles. The number of hydrogen-bond acceptors (Lipinski definition) is 4. The molecule has 1 heterocycles. The molecule has 4 heteroatoms. The summed E-state index contributed by atoms with van der Waals surface area (Å²) in [5, 5.41) is 0. The summed E-state index contributed by atoms with van der Waals surface area (Å²) >= 11 is 0. The zero-order valence-corrected chi connectivity index (χ0v) is 15.6. The van der Waals surface area contributed by atoms with E-state index in [9.17, 15) is 9.59 Å². The Labute approximate surface area is 149 Å². The number of benzene rings is 1. The van der Waals surface area contributed by atoms with Crippen LogP contribution < -0.4 is 0 Å². The van der Waals surface area contributed by atoms with Gasteiger partial charge < -0.3 is 9.47 Å². The molecule has 0 spiro atoms. The molecule has 134 valence electrons. The van der Waals surface area contributed by atoms with E-state index in [1.54, 1.807) is 6.07 Å². The molecule has 1 saturated heterocycles. The van der Waals surface area contributed by atoms with E-state index in [0.717, 1.165) is 23.8 Å². The van der Waals surface area contributed by atoms with Crippen molar-refractivity contribution >= 4 is 12.1 Å². The van der Waals surface area contributed by atoms with Crippen LogP contribution in [0.4, 0.5) is 0 Å². The summed E-state index contributed by atoms with van der Waals surface area (Å²) in [6, 6.07) is 7.42. The van der Waals surface area contributed by atoms with Crippen molar-refractivity contribution < 1.29 is 19.1 Å². The van der Waals surface area contributed by atoms with E-state index in [1.807, 2.05) is 45.9 Å². The lowest BCUT2D eigenvalue weighted by Gasteiger charge is -2.37. The highest BCUT2D eigenvalue weighted by Crippen LogP contribution is 2.50. The molecule has 0 aromatic heterocycles. The highest BCUT2D eigenvalue weighted by molar-refractivity contribution is 5.89. The van der Waals surface area contributed by atoms with Crippen LogP contribution in [0.2, 0.25) is 0 Å².